The second kappa shape index (κ2) is 11.2. The maximum Gasteiger partial charge on any atom is 0.258 e. The number of thiocarbonyl (C=S) groups is 1. The second-order valence-corrected chi connectivity index (χ2v) is 7.96. The molecule has 0 radical (unpaired) electrons. The van der Waals surface area contributed by atoms with Crippen LogP contribution in [0.5, 0.6) is 5.75 Å². The van der Waals surface area contributed by atoms with Gasteiger partial charge in [0.15, 0.2) is 5.11 Å². The van der Waals surface area contributed by atoms with Gasteiger partial charge in [0.25, 0.3) is 11.8 Å². The van der Waals surface area contributed by atoms with Gasteiger partial charge in [0.2, 0.25) is 0 Å². The number of anilines is 2. The lowest BCUT2D eigenvalue weighted by molar-refractivity contribution is 0.0973. The fraction of sp³-hybridized carbons (Fsp3) is 0.192. The Bertz CT molecular complexity index is 1120. The number of carbonyl (C=O) groups is 2. The highest BCUT2D eigenvalue weighted by Gasteiger charge is 2.14. The number of para-hydroxylation sites is 1. The molecular formula is C26H27N3O3S. The van der Waals surface area contributed by atoms with Crippen LogP contribution in [-0.2, 0) is 0 Å². The average Bonchev–Trinajstić information content (AvgIpc) is 2.84. The highest BCUT2D eigenvalue weighted by atomic mass is 32.1. The summed E-state index contributed by atoms with van der Waals surface area (Å²) in [7, 11) is 1.73. The number of ether oxygens (including phenoxy) is 1. The van der Waals surface area contributed by atoms with Crippen molar-refractivity contribution >= 4 is 40.5 Å². The summed E-state index contributed by atoms with van der Waals surface area (Å²) in [6.07, 6.45) is 0.936. The first-order chi connectivity index (χ1) is 15.9. The van der Waals surface area contributed by atoms with Crippen molar-refractivity contribution in [2.24, 2.45) is 0 Å². The third kappa shape index (κ3) is 6.63. The van der Waals surface area contributed by atoms with E-state index in [0.717, 1.165) is 12.1 Å². The summed E-state index contributed by atoms with van der Waals surface area (Å²) < 4.78 is 5.77. The van der Waals surface area contributed by atoms with E-state index in [4.69, 9.17) is 17.0 Å². The molecule has 1 atom stereocenters. The molecule has 0 saturated carbocycles. The first-order valence-electron chi connectivity index (χ1n) is 10.7. The predicted octanol–water partition coefficient (Wildman–Crippen LogP) is 5.27. The van der Waals surface area contributed by atoms with Crippen molar-refractivity contribution in [3.8, 4) is 5.75 Å². The highest BCUT2D eigenvalue weighted by molar-refractivity contribution is 7.80. The minimum absolute atomic E-state index is 0.0633. The highest BCUT2D eigenvalue weighted by Crippen LogP contribution is 2.18. The SMILES string of the molecule is CCC(C)Oc1cccc(C(=O)NC(=S)Nc2ccc(C(=O)N(C)c3ccccc3)cc2)c1. The number of rotatable bonds is 7. The first-order valence-corrected chi connectivity index (χ1v) is 11.1. The average molecular weight is 462 g/mol. The summed E-state index contributed by atoms with van der Waals surface area (Å²) in [5.41, 5.74) is 2.46. The van der Waals surface area contributed by atoms with Crippen LogP contribution in [0.3, 0.4) is 0 Å². The zero-order valence-electron chi connectivity index (χ0n) is 18.9. The Balaban J connectivity index is 1.58. The number of nitrogens with zero attached hydrogens (tertiary/aromatic N) is 1. The van der Waals surface area contributed by atoms with Crippen molar-refractivity contribution in [3.05, 3.63) is 90.0 Å². The summed E-state index contributed by atoms with van der Waals surface area (Å²) in [6, 6.07) is 23.3. The quantitative estimate of drug-likeness (QED) is 0.469. The van der Waals surface area contributed by atoms with Gasteiger partial charge in [0, 0.05) is 29.5 Å². The van der Waals surface area contributed by atoms with Crippen molar-refractivity contribution in [1.82, 2.24) is 5.32 Å². The molecule has 1 unspecified atom stereocenters. The molecule has 0 aliphatic heterocycles. The van der Waals surface area contributed by atoms with Crippen LogP contribution in [0.1, 0.15) is 41.0 Å². The number of nitrogens with one attached hydrogen (secondary N) is 2. The van der Waals surface area contributed by atoms with E-state index in [9.17, 15) is 9.59 Å². The van der Waals surface area contributed by atoms with E-state index < -0.39 is 0 Å². The molecule has 0 aliphatic carbocycles. The summed E-state index contributed by atoms with van der Waals surface area (Å²) in [4.78, 5) is 26.9. The minimum atomic E-state index is -0.335. The molecule has 2 N–H and O–H groups in total. The third-order valence-corrected chi connectivity index (χ3v) is 5.28. The maximum atomic E-state index is 12.7. The van der Waals surface area contributed by atoms with Gasteiger partial charge in [-0.15, -0.1) is 0 Å². The van der Waals surface area contributed by atoms with E-state index in [-0.39, 0.29) is 23.0 Å². The molecule has 0 fully saturated rings. The fourth-order valence-corrected chi connectivity index (χ4v) is 3.23. The number of hydrogen-bond donors (Lipinski definition) is 2. The van der Waals surface area contributed by atoms with Crippen molar-refractivity contribution in [3.63, 3.8) is 0 Å². The molecule has 3 rings (SSSR count). The lowest BCUT2D eigenvalue weighted by Crippen LogP contribution is -2.34. The number of hydrogen-bond acceptors (Lipinski definition) is 4. The van der Waals surface area contributed by atoms with Crippen LogP contribution < -0.4 is 20.3 Å². The fourth-order valence-electron chi connectivity index (χ4n) is 3.02. The zero-order chi connectivity index (χ0) is 23.8. The topological polar surface area (TPSA) is 70.7 Å². The van der Waals surface area contributed by atoms with Crippen LogP contribution in [0.25, 0.3) is 0 Å². The summed E-state index contributed by atoms with van der Waals surface area (Å²) in [5.74, 6) is 0.179. The molecular weight excluding hydrogens is 434 g/mol. The van der Waals surface area contributed by atoms with Crippen molar-refractivity contribution in [2.75, 3.05) is 17.3 Å². The van der Waals surface area contributed by atoms with Crippen LogP contribution in [0.15, 0.2) is 78.9 Å². The van der Waals surface area contributed by atoms with Crippen LogP contribution in [0.4, 0.5) is 11.4 Å². The molecule has 0 heterocycles. The van der Waals surface area contributed by atoms with Crippen LogP contribution in [0, 0.1) is 0 Å². The molecule has 3 aromatic rings. The molecule has 3 aromatic carbocycles. The van der Waals surface area contributed by atoms with E-state index in [1.165, 1.54) is 0 Å². The van der Waals surface area contributed by atoms with Crippen molar-refractivity contribution in [1.29, 1.82) is 0 Å². The summed E-state index contributed by atoms with van der Waals surface area (Å²) in [5, 5.41) is 5.80. The summed E-state index contributed by atoms with van der Waals surface area (Å²) in [6.45, 7) is 4.01. The lowest BCUT2D eigenvalue weighted by Gasteiger charge is -2.17. The standard InChI is InChI=1S/C26H27N3O3S/c1-4-18(2)32-23-12-8-9-20(17-23)24(30)28-26(33)27-21-15-13-19(14-16-21)25(31)29(3)22-10-6-5-7-11-22/h5-18H,4H2,1-3H3,(H2,27,28,30,33). The van der Waals surface area contributed by atoms with Gasteiger partial charge >= 0.3 is 0 Å². The second-order valence-electron chi connectivity index (χ2n) is 7.55. The van der Waals surface area contributed by atoms with Crippen LogP contribution in [-0.4, -0.2) is 30.1 Å². The third-order valence-electron chi connectivity index (χ3n) is 5.07. The van der Waals surface area contributed by atoms with E-state index in [0.29, 0.717) is 22.6 Å². The largest absolute Gasteiger partial charge is 0.491 e. The lowest BCUT2D eigenvalue weighted by atomic mass is 10.1. The summed E-state index contributed by atoms with van der Waals surface area (Å²) >= 11 is 5.27. The molecule has 0 bridgehead atoms. The van der Waals surface area contributed by atoms with Crippen molar-refractivity contribution in [2.45, 2.75) is 26.4 Å². The molecule has 0 saturated heterocycles. The van der Waals surface area contributed by atoms with Gasteiger partial charge in [-0.3, -0.25) is 14.9 Å². The Morgan fingerprint density at radius 2 is 1.67 bits per heavy atom. The van der Waals surface area contributed by atoms with Gasteiger partial charge in [0.05, 0.1) is 6.10 Å². The van der Waals surface area contributed by atoms with Gasteiger partial charge in [-0.05, 0) is 80.2 Å². The normalized spacial score (nSPS) is 11.2. The van der Waals surface area contributed by atoms with Gasteiger partial charge < -0.3 is 15.0 Å². The minimum Gasteiger partial charge on any atom is -0.491 e. The molecule has 0 spiro atoms. The zero-order valence-corrected chi connectivity index (χ0v) is 19.7. The van der Waals surface area contributed by atoms with E-state index in [1.807, 2.05) is 50.2 Å². The van der Waals surface area contributed by atoms with E-state index in [1.54, 1.807) is 54.4 Å². The van der Waals surface area contributed by atoms with Crippen molar-refractivity contribution < 1.29 is 14.3 Å². The first kappa shape index (κ1) is 23.9. The predicted molar refractivity (Wildman–Crippen MR) is 136 cm³/mol. The smallest absolute Gasteiger partial charge is 0.258 e. The van der Waals surface area contributed by atoms with Gasteiger partial charge in [0.1, 0.15) is 5.75 Å². The number of amides is 2. The Morgan fingerprint density at radius 3 is 2.33 bits per heavy atom. The molecule has 2 amide bonds. The Kier molecular flexibility index (Phi) is 8.16. The monoisotopic (exact) mass is 461 g/mol. The Hall–Kier alpha value is -3.71. The van der Waals surface area contributed by atoms with Gasteiger partial charge in [-0.1, -0.05) is 31.2 Å². The molecule has 33 heavy (non-hydrogen) atoms. The molecule has 0 aromatic heterocycles. The maximum absolute atomic E-state index is 12.7. The Labute approximate surface area is 199 Å². The Morgan fingerprint density at radius 1 is 0.970 bits per heavy atom. The molecule has 0 aliphatic rings. The molecule has 170 valence electrons. The number of carbonyl (C=O) groups excluding carboxylic acids is 2. The number of benzene rings is 3. The molecule has 7 heteroatoms. The van der Waals surface area contributed by atoms with Gasteiger partial charge in [-0.25, -0.2) is 0 Å². The van der Waals surface area contributed by atoms with Gasteiger partial charge in [-0.2, -0.15) is 0 Å². The molecule has 6 nitrogen and oxygen atoms in total. The van der Waals surface area contributed by atoms with E-state index in [2.05, 4.69) is 10.6 Å². The van der Waals surface area contributed by atoms with E-state index >= 15 is 0 Å². The van der Waals surface area contributed by atoms with Crippen LogP contribution in [0.2, 0.25) is 0 Å². The van der Waals surface area contributed by atoms with Crippen LogP contribution >= 0.6 is 12.2 Å².